The van der Waals surface area contributed by atoms with Crippen molar-refractivity contribution in [2.45, 2.75) is 5.32 Å². The number of nitro benzene ring substituents is 1. The Balaban J connectivity index is 2.12. The summed E-state index contributed by atoms with van der Waals surface area (Å²) in [4.78, 5) is 10.5. The van der Waals surface area contributed by atoms with Gasteiger partial charge < -0.3 is 0 Å². The van der Waals surface area contributed by atoms with Crippen molar-refractivity contribution < 1.29 is 4.92 Å². The molecule has 0 radical (unpaired) electrons. The van der Waals surface area contributed by atoms with E-state index in [1.807, 2.05) is 30.3 Å². The van der Waals surface area contributed by atoms with E-state index in [-0.39, 0.29) is 25.6 Å². The van der Waals surface area contributed by atoms with Crippen LogP contribution in [0.15, 0.2) is 54.6 Å². The zero-order valence-electron chi connectivity index (χ0n) is 9.08. The Bertz CT molecular complexity index is 514. The number of hydrogen-bond donors (Lipinski definition) is 0. The van der Waals surface area contributed by atoms with E-state index in [0.29, 0.717) is 0 Å². The van der Waals surface area contributed by atoms with Crippen molar-refractivity contribution in [3.8, 4) is 0 Å². The molecule has 3 nitrogen and oxygen atoms in total. The molecule has 0 saturated carbocycles. The molecule has 0 aliphatic rings. The molecule has 0 amide bonds. The molecule has 0 heterocycles. The molecule has 0 fully saturated rings. The van der Waals surface area contributed by atoms with Crippen molar-refractivity contribution in [2.75, 3.05) is 0 Å². The number of nitro groups is 1. The molecular formula is C13H11NO2Se. The van der Waals surface area contributed by atoms with E-state index in [1.54, 1.807) is 12.1 Å². The molecule has 0 spiro atoms. The second-order valence-electron chi connectivity index (χ2n) is 3.49. The first-order valence-corrected chi connectivity index (χ1v) is 7.24. The second-order valence-corrected chi connectivity index (χ2v) is 5.69. The minimum atomic E-state index is -0.309. The topological polar surface area (TPSA) is 43.1 Å². The van der Waals surface area contributed by atoms with E-state index in [4.69, 9.17) is 0 Å². The molecular weight excluding hydrogens is 281 g/mol. The zero-order valence-corrected chi connectivity index (χ0v) is 10.8. The van der Waals surface area contributed by atoms with Gasteiger partial charge in [-0.3, -0.25) is 0 Å². The average Bonchev–Trinajstić information content (AvgIpc) is 2.38. The summed E-state index contributed by atoms with van der Waals surface area (Å²) in [6.07, 6.45) is 0. The maximum absolute atomic E-state index is 10.8. The Morgan fingerprint density at radius 2 is 1.65 bits per heavy atom. The van der Waals surface area contributed by atoms with E-state index in [9.17, 15) is 10.1 Å². The third-order valence-corrected chi connectivity index (χ3v) is 4.55. The molecule has 2 aromatic rings. The number of rotatable bonds is 4. The quantitative estimate of drug-likeness (QED) is 0.492. The fraction of sp³-hybridized carbons (Fsp3) is 0.0769. The Hall–Kier alpha value is -1.64. The van der Waals surface area contributed by atoms with Gasteiger partial charge in [0.25, 0.3) is 0 Å². The van der Waals surface area contributed by atoms with Crippen LogP contribution in [0.1, 0.15) is 5.56 Å². The number of benzene rings is 2. The van der Waals surface area contributed by atoms with Crippen LogP contribution in [0.25, 0.3) is 0 Å². The van der Waals surface area contributed by atoms with E-state index in [1.165, 1.54) is 4.46 Å². The molecule has 0 bridgehead atoms. The van der Waals surface area contributed by atoms with Crippen LogP contribution in [0.3, 0.4) is 0 Å². The summed E-state index contributed by atoms with van der Waals surface area (Å²) in [6, 6.07) is 17.1. The molecule has 17 heavy (non-hydrogen) atoms. The summed E-state index contributed by atoms with van der Waals surface area (Å²) in [7, 11) is 0. The monoisotopic (exact) mass is 293 g/mol. The van der Waals surface area contributed by atoms with Crippen molar-refractivity contribution in [3.05, 3.63) is 70.3 Å². The Morgan fingerprint density at radius 3 is 2.35 bits per heavy atom. The number of hydrogen-bond acceptors (Lipinski definition) is 2. The van der Waals surface area contributed by atoms with Crippen molar-refractivity contribution in [3.63, 3.8) is 0 Å². The molecule has 2 aromatic carbocycles. The average molecular weight is 292 g/mol. The van der Waals surface area contributed by atoms with Crippen LogP contribution in [0.4, 0.5) is 5.69 Å². The summed E-state index contributed by atoms with van der Waals surface area (Å²) in [5.74, 6) is 0. The fourth-order valence-corrected chi connectivity index (χ4v) is 3.41. The Labute approximate surface area is 106 Å². The van der Waals surface area contributed by atoms with E-state index in [2.05, 4.69) is 12.1 Å². The van der Waals surface area contributed by atoms with Crippen LogP contribution >= 0.6 is 0 Å². The zero-order chi connectivity index (χ0) is 12.1. The molecule has 0 aromatic heterocycles. The molecule has 2 rings (SSSR count). The maximum atomic E-state index is 10.8. The molecule has 0 saturated heterocycles. The van der Waals surface area contributed by atoms with Crippen molar-refractivity contribution in [2.24, 2.45) is 0 Å². The van der Waals surface area contributed by atoms with Gasteiger partial charge in [-0.15, -0.1) is 0 Å². The van der Waals surface area contributed by atoms with Gasteiger partial charge in [-0.25, -0.2) is 0 Å². The third kappa shape index (κ3) is 3.16. The van der Waals surface area contributed by atoms with Crippen LogP contribution in [0, 0.1) is 10.1 Å². The van der Waals surface area contributed by atoms with Crippen LogP contribution < -0.4 is 4.46 Å². The first kappa shape index (κ1) is 11.8. The summed E-state index contributed by atoms with van der Waals surface area (Å²) >= 11 is 0.243. The van der Waals surface area contributed by atoms with Gasteiger partial charge in [0, 0.05) is 0 Å². The van der Waals surface area contributed by atoms with Crippen LogP contribution in [0.2, 0.25) is 0 Å². The first-order chi connectivity index (χ1) is 8.27. The molecule has 0 N–H and O–H groups in total. The minimum absolute atomic E-state index is 0.227. The summed E-state index contributed by atoms with van der Waals surface area (Å²) in [5, 5.41) is 11.6. The summed E-state index contributed by atoms with van der Waals surface area (Å²) in [5.41, 5.74) is 1.05. The van der Waals surface area contributed by atoms with E-state index < -0.39 is 0 Å². The number of para-hydroxylation sites is 1. The first-order valence-electron chi connectivity index (χ1n) is 5.17. The second kappa shape index (κ2) is 5.62. The Kier molecular flexibility index (Phi) is 3.91. The summed E-state index contributed by atoms with van der Waals surface area (Å²) < 4.78 is 1.26. The molecule has 0 aliphatic carbocycles. The van der Waals surface area contributed by atoms with Crippen molar-refractivity contribution >= 4 is 25.1 Å². The van der Waals surface area contributed by atoms with Crippen LogP contribution in [0.5, 0.6) is 0 Å². The van der Waals surface area contributed by atoms with Gasteiger partial charge >= 0.3 is 106 Å². The van der Waals surface area contributed by atoms with E-state index >= 15 is 0 Å². The molecule has 0 atom stereocenters. The van der Waals surface area contributed by atoms with Gasteiger partial charge in [-0.1, -0.05) is 0 Å². The van der Waals surface area contributed by atoms with Gasteiger partial charge in [-0.05, 0) is 0 Å². The Morgan fingerprint density at radius 1 is 1.00 bits per heavy atom. The van der Waals surface area contributed by atoms with Crippen molar-refractivity contribution in [1.82, 2.24) is 0 Å². The molecule has 0 aliphatic heterocycles. The predicted molar refractivity (Wildman–Crippen MR) is 68.6 cm³/mol. The molecule has 4 heteroatoms. The molecule has 0 unspecified atom stereocenters. The van der Waals surface area contributed by atoms with Crippen LogP contribution in [-0.2, 0) is 5.32 Å². The normalized spacial score (nSPS) is 10.1. The number of nitrogens with zero attached hydrogens (tertiary/aromatic N) is 1. The SMILES string of the molecule is O=[N+]([O-])c1ccccc1C[Se]c1ccccc1. The predicted octanol–water partition coefficient (Wildman–Crippen LogP) is 2.12. The van der Waals surface area contributed by atoms with Gasteiger partial charge in [0.2, 0.25) is 0 Å². The third-order valence-electron chi connectivity index (χ3n) is 2.33. The van der Waals surface area contributed by atoms with Gasteiger partial charge in [0.1, 0.15) is 0 Å². The fourth-order valence-electron chi connectivity index (χ4n) is 1.49. The van der Waals surface area contributed by atoms with Gasteiger partial charge in [0.05, 0.1) is 0 Å². The van der Waals surface area contributed by atoms with Gasteiger partial charge in [-0.2, -0.15) is 0 Å². The van der Waals surface area contributed by atoms with Crippen molar-refractivity contribution in [1.29, 1.82) is 0 Å². The van der Waals surface area contributed by atoms with E-state index in [0.717, 1.165) is 10.9 Å². The molecule has 86 valence electrons. The summed E-state index contributed by atoms with van der Waals surface area (Å²) in [6.45, 7) is 0. The van der Waals surface area contributed by atoms with Crippen LogP contribution in [-0.4, -0.2) is 19.9 Å². The van der Waals surface area contributed by atoms with Gasteiger partial charge in [0.15, 0.2) is 0 Å². The standard InChI is InChI=1S/C13H11NO2Se/c15-14(16)13-9-5-4-6-11(13)10-17-12-7-2-1-3-8-12/h1-9H,10H2.